The van der Waals surface area contributed by atoms with Crippen LogP contribution in [0.5, 0.6) is 5.75 Å². The van der Waals surface area contributed by atoms with Gasteiger partial charge in [0.05, 0.1) is 7.11 Å². The molecule has 0 aliphatic carbocycles. The van der Waals surface area contributed by atoms with E-state index in [1.165, 1.54) is 30.2 Å². The molecule has 0 bridgehead atoms. The fourth-order valence-corrected chi connectivity index (χ4v) is 2.90. The zero-order valence-corrected chi connectivity index (χ0v) is 11.6. The van der Waals surface area contributed by atoms with Crippen molar-refractivity contribution in [1.82, 2.24) is 10.3 Å². The average molecular weight is 256 g/mol. The van der Waals surface area contributed by atoms with Gasteiger partial charge in [0.1, 0.15) is 11.3 Å². The van der Waals surface area contributed by atoms with Gasteiger partial charge in [-0.05, 0) is 44.0 Å². The molecule has 0 spiro atoms. The number of nitrogens with one attached hydrogen (secondary N) is 1. The summed E-state index contributed by atoms with van der Waals surface area (Å²) in [4.78, 5) is 4.65. The Balaban J connectivity index is 2.14. The minimum atomic E-state index is 0.451. The Morgan fingerprint density at radius 1 is 1.21 bits per heavy atom. The summed E-state index contributed by atoms with van der Waals surface area (Å²) in [5, 5.41) is 4.82. The molecule has 1 unspecified atom stereocenters. The maximum atomic E-state index is 5.44. The molecule has 100 valence electrons. The molecule has 0 radical (unpaired) electrons. The Bertz CT molecular complexity index is 589. The quantitative estimate of drug-likeness (QED) is 0.894. The molecule has 1 N–H and O–H groups in total. The van der Waals surface area contributed by atoms with E-state index < -0.39 is 0 Å². The predicted molar refractivity (Wildman–Crippen MR) is 77.6 cm³/mol. The fraction of sp³-hybridized carbons (Fsp3) is 0.438. The Morgan fingerprint density at radius 3 is 2.84 bits per heavy atom. The van der Waals surface area contributed by atoms with Crippen LogP contribution < -0.4 is 10.1 Å². The molecule has 2 aromatic rings. The van der Waals surface area contributed by atoms with Crippen LogP contribution in [0, 0.1) is 6.92 Å². The Labute approximate surface area is 114 Å². The molecule has 3 rings (SSSR count). The summed E-state index contributed by atoms with van der Waals surface area (Å²) in [6.07, 6.45) is 3.78. The second-order valence-electron chi connectivity index (χ2n) is 5.21. The molecule has 1 aromatic carbocycles. The SMILES string of the molecule is COc1ccc(C2CCCCN2)c2ccc(C)nc12. The first kappa shape index (κ1) is 12.4. The summed E-state index contributed by atoms with van der Waals surface area (Å²) < 4.78 is 5.44. The number of aromatic nitrogens is 1. The van der Waals surface area contributed by atoms with Crippen molar-refractivity contribution in [3.05, 3.63) is 35.5 Å². The van der Waals surface area contributed by atoms with Crippen LogP contribution in [-0.4, -0.2) is 18.6 Å². The van der Waals surface area contributed by atoms with E-state index in [0.29, 0.717) is 6.04 Å². The van der Waals surface area contributed by atoms with Gasteiger partial charge in [-0.1, -0.05) is 18.6 Å². The zero-order valence-electron chi connectivity index (χ0n) is 11.6. The standard InChI is InChI=1S/C16H20N2O/c1-11-6-7-13-12(14-5-3-4-10-17-14)8-9-15(19-2)16(13)18-11/h6-9,14,17H,3-5,10H2,1-2H3. The number of aryl methyl sites for hydroxylation is 1. The molecule has 3 heteroatoms. The highest BCUT2D eigenvalue weighted by atomic mass is 16.5. The molecule has 3 nitrogen and oxygen atoms in total. The first-order valence-electron chi connectivity index (χ1n) is 6.97. The first-order valence-corrected chi connectivity index (χ1v) is 6.97. The minimum Gasteiger partial charge on any atom is -0.494 e. The monoisotopic (exact) mass is 256 g/mol. The molecule has 1 aliphatic heterocycles. The van der Waals surface area contributed by atoms with Gasteiger partial charge in [-0.15, -0.1) is 0 Å². The normalized spacial score (nSPS) is 19.6. The van der Waals surface area contributed by atoms with E-state index in [2.05, 4.69) is 28.5 Å². The van der Waals surface area contributed by atoms with Crippen LogP contribution in [0.25, 0.3) is 10.9 Å². The van der Waals surface area contributed by atoms with Crippen LogP contribution in [0.1, 0.15) is 36.6 Å². The number of fused-ring (bicyclic) bond motifs is 1. The summed E-state index contributed by atoms with van der Waals surface area (Å²) in [5.74, 6) is 0.859. The smallest absolute Gasteiger partial charge is 0.145 e. The van der Waals surface area contributed by atoms with E-state index in [4.69, 9.17) is 4.74 Å². The third kappa shape index (κ3) is 2.30. The number of nitrogens with zero attached hydrogens (tertiary/aromatic N) is 1. The van der Waals surface area contributed by atoms with Crippen LogP contribution in [0.2, 0.25) is 0 Å². The van der Waals surface area contributed by atoms with Gasteiger partial charge in [-0.3, -0.25) is 0 Å². The van der Waals surface area contributed by atoms with Gasteiger partial charge in [0.25, 0.3) is 0 Å². The number of pyridine rings is 1. The predicted octanol–water partition coefficient (Wildman–Crippen LogP) is 3.37. The van der Waals surface area contributed by atoms with Crippen molar-refractivity contribution >= 4 is 10.9 Å². The fourth-order valence-electron chi connectivity index (χ4n) is 2.90. The van der Waals surface area contributed by atoms with Crippen LogP contribution in [0.4, 0.5) is 0 Å². The largest absolute Gasteiger partial charge is 0.494 e. The molecule has 1 aliphatic rings. The van der Waals surface area contributed by atoms with Crippen molar-refractivity contribution in [3.8, 4) is 5.75 Å². The lowest BCUT2D eigenvalue weighted by molar-refractivity contribution is 0.410. The maximum Gasteiger partial charge on any atom is 0.145 e. The van der Waals surface area contributed by atoms with Crippen molar-refractivity contribution in [2.24, 2.45) is 0 Å². The summed E-state index contributed by atoms with van der Waals surface area (Å²) in [6.45, 7) is 3.13. The third-order valence-electron chi connectivity index (χ3n) is 3.90. The minimum absolute atomic E-state index is 0.451. The summed E-state index contributed by atoms with van der Waals surface area (Å²) in [7, 11) is 1.71. The zero-order chi connectivity index (χ0) is 13.2. The number of ether oxygens (including phenoxy) is 1. The van der Waals surface area contributed by atoms with Crippen molar-refractivity contribution in [2.45, 2.75) is 32.2 Å². The highest BCUT2D eigenvalue weighted by Crippen LogP contribution is 2.33. The summed E-state index contributed by atoms with van der Waals surface area (Å²) in [6, 6.07) is 8.92. The van der Waals surface area contributed by atoms with Gasteiger partial charge < -0.3 is 10.1 Å². The van der Waals surface area contributed by atoms with Crippen molar-refractivity contribution in [1.29, 1.82) is 0 Å². The second kappa shape index (κ2) is 5.17. The highest BCUT2D eigenvalue weighted by Gasteiger charge is 2.18. The second-order valence-corrected chi connectivity index (χ2v) is 5.21. The lowest BCUT2D eigenvalue weighted by Gasteiger charge is -2.25. The van der Waals surface area contributed by atoms with E-state index in [1.807, 2.05) is 13.0 Å². The van der Waals surface area contributed by atoms with Crippen LogP contribution in [0.15, 0.2) is 24.3 Å². The number of methoxy groups -OCH3 is 1. The van der Waals surface area contributed by atoms with E-state index in [0.717, 1.165) is 23.5 Å². The van der Waals surface area contributed by atoms with Crippen LogP contribution in [-0.2, 0) is 0 Å². The molecule has 19 heavy (non-hydrogen) atoms. The lowest BCUT2D eigenvalue weighted by Crippen LogP contribution is -2.26. The molecular weight excluding hydrogens is 236 g/mol. The van der Waals surface area contributed by atoms with Gasteiger partial charge in [0.2, 0.25) is 0 Å². The van der Waals surface area contributed by atoms with Gasteiger partial charge in [-0.2, -0.15) is 0 Å². The van der Waals surface area contributed by atoms with Crippen LogP contribution in [0.3, 0.4) is 0 Å². The molecule has 2 heterocycles. The van der Waals surface area contributed by atoms with Crippen molar-refractivity contribution in [2.75, 3.05) is 13.7 Å². The van der Waals surface area contributed by atoms with Crippen molar-refractivity contribution in [3.63, 3.8) is 0 Å². The molecule has 1 aromatic heterocycles. The first-order chi connectivity index (χ1) is 9.29. The number of piperidine rings is 1. The molecule has 0 amide bonds. The molecule has 1 atom stereocenters. The molecule has 0 saturated carbocycles. The average Bonchev–Trinajstić information content (AvgIpc) is 2.47. The molecular formula is C16H20N2O. The lowest BCUT2D eigenvalue weighted by atomic mass is 9.94. The van der Waals surface area contributed by atoms with Crippen molar-refractivity contribution < 1.29 is 4.74 Å². The van der Waals surface area contributed by atoms with Gasteiger partial charge in [-0.25, -0.2) is 4.98 Å². The molecule has 1 saturated heterocycles. The molecule has 1 fully saturated rings. The number of hydrogen-bond donors (Lipinski definition) is 1. The maximum absolute atomic E-state index is 5.44. The van der Waals surface area contributed by atoms with E-state index in [1.54, 1.807) is 7.11 Å². The summed E-state index contributed by atoms with van der Waals surface area (Å²) >= 11 is 0. The van der Waals surface area contributed by atoms with Gasteiger partial charge in [0.15, 0.2) is 0 Å². The Kier molecular flexibility index (Phi) is 3.38. The van der Waals surface area contributed by atoms with Crippen LogP contribution >= 0.6 is 0 Å². The highest BCUT2D eigenvalue weighted by molar-refractivity contribution is 5.88. The van der Waals surface area contributed by atoms with E-state index in [-0.39, 0.29) is 0 Å². The Hall–Kier alpha value is -1.61. The van der Waals surface area contributed by atoms with E-state index >= 15 is 0 Å². The topological polar surface area (TPSA) is 34.1 Å². The third-order valence-corrected chi connectivity index (χ3v) is 3.90. The number of hydrogen-bond acceptors (Lipinski definition) is 3. The number of benzene rings is 1. The summed E-state index contributed by atoms with van der Waals surface area (Å²) in [5.41, 5.74) is 3.36. The Morgan fingerprint density at radius 2 is 2.11 bits per heavy atom. The van der Waals surface area contributed by atoms with E-state index in [9.17, 15) is 0 Å². The number of rotatable bonds is 2. The van der Waals surface area contributed by atoms with Gasteiger partial charge >= 0.3 is 0 Å². The van der Waals surface area contributed by atoms with Gasteiger partial charge in [0, 0.05) is 17.1 Å².